The Balaban J connectivity index is 1.61. The van der Waals surface area contributed by atoms with Crippen molar-refractivity contribution in [3.8, 4) is 0 Å². The van der Waals surface area contributed by atoms with Gasteiger partial charge in [0.25, 0.3) is 0 Å². The zero-order chi connectivity index (χ0) is 17.9. The van der Waals surface area contributed by atoms with E-state index in [0.717, 1.165) is 12.8 Å². The quantitative estimate of drug-likeness (QED) is 0.861. The summed E-state index contributed by atoms with van der Waals surface area (Å²) in [6, 6.07) is 16.0. The molecule has 0 radical (unpaired) electrons. The molecule has 0 saturated heterocycles. The Hall–Kier alpha value is -2.20. The van der Waals surface area contributed by atoms with Gasteiger partial charge in [0, 0.05) is 5.69 Å². The van der Waals surface area contributed by atoms with Gasteiger partial charge in [0.15, 0.2) is 0 Å². The first-order valence-corrected chi connectivity index (χ1v) is 8.82. The Kier molecular flexibility index (Phi) is 5.19. The molecule has 3 rings (SSSR count). The third kappa shape index (κ3) is 4.07. The number of hydrogen-bond donors (Lipinski definition) is 2. The molecule has 0 heterocycles. The first kappa shape index (κ1) is 17.6. The fourth-order valence-corrected chi connectivity index (χ4v) is 3.64. The summed E-state index contributed by atoms with van der Waals surface area (Å²) < 4.78 is 13.0. The Bertz CT molecular complexity index is 706. The normalized spacial score (nSPS) is 24.5. The summed E-state index contributed by atoms with van der Waals surface area (Å²) in [7, 11) is 0. The Morgan fingerprint density at radius 1 is 1.12 bits per heavy atom. The zero-order valence-corrected chi connectivity index (χ0v) is 14.4. The SMILES string of the molecule is C[C@@H](C(=O)Nc1ccc(F)cc1)C1(O)CCC(c2ccccc2)CC1. The standard InChI is InChI=1S/C21H24FNO2/c1-15(20(24)23-19-9-7-18(22)8-10-19)21(25)13-11-17(12-14-21)16-5-3-2-4-6-16/h2-10,15,17,25H,11-14H2,1H3,(H,23,24)/t15-,17?,21?/m0/s1. The maximum Gasteiger partial charge on any atom is 0.230 e. The summed E-state index contributed by atoms with van der Waals surface area (Å²) in [6.07, 6.45) is 2.94. The van der Waals surface area contributed by atoms with E-state index in [1.54, 1.807) is 6.92 Å². The van der Waals surface area contributed by atoms with Crippen LogP contribution in [-0.2, 0) is 4.79 Å². The number of aliphatic hydroxyl groups is 1. The monoisotopic (exact) mass is 341 g/mol. The van der Waals surface area contributed by atoms with E-state index in [2.05, 4.69) is 17.4 Å². The highest BCUT2D eigenvalue weighted by Gasteiger charge is 2.41. The van der Waals surface area contributed by atoms with Crippen LogP contribution in [0.3, 0.4) is 0 Å². The van der Waals surface area contributed by atoms with Crippen LogP contribution in [0.2, 0.25) is 0 Å². The van der Waals surface area contributed by atoms with E-state index in [1.165, 1.54) is 29.8 Å². The van der Waals surface area contributed by atoms with Crippen LogP contribution in [0.5, 0.6) is 0 Å². The van der Waals surface area contributed by atoms with Crippen molar-refractivity contribution in [1.29, 1.82) is 0 Å². The maximum absolute atomic E-state index is 13.0. The third-order valence-corrected chi connectivity index (χ3v) is 5.43. The predicted molar refractivity (Wildman–Crippen MR) is 96.8 cm³/mol. The Morgan fingerprint density at radius 2 is 1.72 bits per heavy atom. The van der Waals surface area contributed by atoms with Gasteiger partial charge in [-0.2, -0.15) is 0 Å². The molecule has 1 atom stereocenters. The van der Waals surface area contributed by atoms with E-state index in [1.807, 2.05) is 18.2 Å². The topological polar surface area (TPSA) is 49.3 Å². The molecular weight excluding hydrogens is 317 g/mol. The van der Waals surface area contributed by atoms with Crippen LogP contribution >= 0.6 is 0 Å². The van der Waals surface area contributed by atoms with Gasteiger partial charge in [-0.05, 0) is 61.4 Å². The van der Waals surface area contributed by atoms with Gasteiger partial charge in [0.05, 0.1) is 11.5 Å². The van der Waals surface area contributed by atoms with Crippen LogP contribution in [0, 0.1) is 11.7 Å². The predicted octanol–water partition coefficient (Wildman–Crippen LogP) is 4.49. The second-order valence-corrected chi connectivity index (χ2v) is 7.01. The molecule has 132 valence electrons. The minimum absolute atomic E-state index is 0.229. The maximum atomic E-state index is 13.0. The Morgan fingerprint density at radius 3 is 2.32 bits per heavy atom. The summed E-state index contributed by atoms with van der Waals surface area (Å²) in [5.74, 6) is -0.653. The van der Waals surface area contributed by atoms with Crippen LogP contribution < -0.4 is 5.32 Å². The fraction of sp³-hybridized carbons (Fsp3) is 0.381. The number of amides is 1. The van der Waals surface area contributed by atoms with Crippen LogP contribution in [0.15, 0.2) is 54.6 Å². The molecule has 25 heavy (non-hydrogen) atoms. The second-order valence-electron chi connectivity index (χ2n) is 7.01. The number of hydrogen-bond acceptors (Lipinski definition) is 2. The largest absolute Gasteiger partial charge is 0.389 e. The van der Waals surface area contributed by atoms with Gasteiger partial charge in [-0.3, -0.25) is 4.79 Å². The van der Waals surface area contributed by atoms with E-state index in [4.69, 9.17) is 0 Å². The van der Waals surface area contributed by atoms with E-state index >= 15 is 0 Å². The smallest absolute Gasteiger partial charge is 0.230 e. The first-order valence-electron chi connectivity index (χ1n) is 8.82. The lowest BCUT2D eigenvalue weighted by molar-refractivity contribution is -0.131. The highest BCUT2D eigenvalue weighted by Crippen LogP contribution is 2.41. The van der Waals surface area contributed by atoms with Crippen molar-refractivity contribution < 1.29 is 14.3 Å². The lowest BCUT2D eigenvalue weighted by Crippen LogP contribution is -2.45. The Labute approximate surface area is 147 Å². The third-order valence-electron chi connectivity index (χ3n) is 5.43. The minimum atomic E-state index is -0.991. The zero-order valence-electron chi connectivity index (χ0n) is 14.4. The fourth-order valence-electron chi connectivity index (χ4n) is 3.64. The van der Waals surface area contributed by atoms with Gasteiger partial charge in [-0.25, -0.2) is 4.39 Å². The van der Waals surface area contributed by atoms with Crippen LogP contribution in [0.4, 0.5) is 10.1 Å². The molecule has 0 spiro atoms. The number of rotatable bonds is 4. The molecule has 1 saturated carbocycles. The van der Waals surface area contributed by atoms with Crippen molar-refractivity contribution in [2.24, 2.45) is 5.92 Å². The molecule has 1 amide bonds. The summed E-state index contributed by atoms with van der Waals surface area (Å²) in [5, 5.41) is 13.7. The lowest BCUT2D eigenvalue weighted by atomic mass is 9.71. The van der Waals surface area contributed by atoms with Gasteiger partial charge >= 0.3 is 0 Å². The number of carbonyl (C=O) groups excluding carboxylic acids is 1. The van der Waals surface area contributed by atoms with Crippen molar-refractivity contribution in [3.05, 3.63) is 66.0 Å². The first-order chi connectivity index (χ1) is 12.0. The molecule has 4 heteroatoms. The van der Waals surface area contributed by atoms with Gasteiger partial charge in [-0.15, -0.1) is 0 Å². The second kappa shape index (κ2) is 7.36. The number of anilines is 1. The molecule has 1 aliphatic carbocycles. The number of carbonyl (C=O) groups is 1. The van der Waals surface area contributed by atoms with E-state index < -0.39 is 11.5 Å². The molecule has 0 aliphatic heterocycles. The van der Waals surface area contributed by atoms with Crippen molar-refractivity contribution in [2.75, 3.05) is 5.32 Å². The average Bonchev–Trinajstić information content (AvgIpc) is 2.64. The van der Waals surface area contributed by atoms with Crippen molar-refractivity contribution >= 4 is 11.6 Å². The molecule has 0 bridgehead atoms. The lowest BCUT2D eigenvalue weighted by Gasteiger charge is -2.39. The van der Waals surface area contributed by atoms with Crippen LogP contribution in [0.25, 0.3) is 0 Å². The van der Waals surface area contributed by atoms with Crippen LogP contribution in [-0.4, -0.2) is 16.6 Å². The number of halogens is 1. The molecule has 3 nitrogen and oxygen atoms in total. The van der Waals surface area contributed by atoms with Gasteiger partial charge < -0.3 is 10.4 Å². The van der Waals surface area contributed by atoms with E-state index in [0.29, 0.717) is 24.4 Å². The summed E-state index contributed by atoms with van der Waals surface area (Å²) in [4.78, 5) is 12.5. The van der Waals surface area contributed by atoms with Crippen LogP contribution in [0.1, 0.15) is 44.1 Å². The molecule has 1 fully saturated rings. The highest BCUT2D eigenvalue weighted by atomic mass is 19.1. The average molecular weight is 341 g/mol. The van der Waals surface area contributed by atoms with E-state index in [-0.39, 0.29) is 11.7 Å². The summed E-state index contributed by atoms with van der Waals surface area (Å²) in [5.41, 5.74) is 0.850. The highest BCUT2D eigenvalue weighted by molar-refractivity contribution is 5.93. The molecule has 0 unspecified atom stereocenters. The summed E-state index contributed by atoms with van der Waals surface area (Å²) >= 11 is 0. The minimum Gasteiger partial charge on any atom is -0.389 e. The van der Waals surface area contributed by atoms with Crippen molar-refractivity contribution in [2.45, 2.75) is 44.1 Å². The molecule has 0 aromatic heterocycles. The van der Waals surface area contributed by atoms with Crippen molar-refractivity contribution in [1.82, 2.24) is 0 Å². The molecular formula is C21H24FNO2. The molecule has 2 N–H and O–H groups in total. The molecule has 2 aromatic carbocycles. The molecule has 1 aliphatic rings. The summed E-state index contributed by atoms with van der Waals surface area (Å²) in [6.45, 7) is 1.77. The van der Waals surface area contributed by atoms with Gasteiger partial charge in [0.1, 0.15) is 5.82 Å². The van der Waals surface area contributed by atoms with E-state index in [9.17, 15) is 14.3 Å². The number of nitrogens with one attached hydrogen (secondary N) is 1. The van der Waals surface area contributed by atoms with Crippen molar-refractivity contribution in [3.63, 3.8) is 0 Å². The van der Waals surface area contributed by atoms with Gasteiger partial charge in [-0.1, -0.05) is 37.3 Å². The number of benzene rings is 2. The van der Waals surface area contributed by atoms with Gasteiger partial charge in [0.2, 0.25) is 5.91 Å². The molecule has 2 aromatic rings.